The summed E-state index contributed by atoms with van der Waals surface area (Å²) in [4.78, 5) is 53.5. The minimum atomic E-state index is -2.29. The molecule has 59 heavy (non-hydrogen) atoms. The quantitative estimate of drug-likeness (QED) is 0.154. The fourth-order valence-electron chi connectivity index (χ4n) is 13.9. The molecule has 10 rings (SSSR count). The molecule has 0 amide bonds. The van der Waals surface area contributed by atoms with Crippen LogP contribution >= 0.6 is 0 Å². The average Bonchev–Trinajstić information content (AvgIpc) is 3.53. The lowest BCUT2D eigenvalue weighted by molar-refractivity contribution is -0.228. The molecular formula is C46H56N4O9. The second kappa shape index (κ2) is 13.0. The van der Waals surface area contributed by atoms with Crippen LogP contribution in [0.4, 0.5) is 5.69 Å². The number of benzene rings is 2. The molecular weight excluding hydrogens is 753 g/mol. The molecule has 7 aliphatic rings. The van der Waals surface area contributed by atoms with Gasteiger partial charge in [-0.2, -0.15) is 0 Å². The zero-order valence-electron chi connectivity index (χ0n) is 35.1. The number of rotatable bonds is 7. The number of aliphatic hydroxyl groups is 1. The number of ether oxygens (including phenoxy) is 5. The molecule has 3 aromatic rings. The number of carbonyl (C=O) groups is 3. The standard InChI is InChI=1S/C46H56N4O9/c1-8-42-16-12-18-50-20-17-44(37(42)50)30-21-31(34(55-5)22-33(30)48(4)38(44)46(54,41(53)57-7)39(42)58-26(3)51)45(40(52)56-6)23-27-24-49(25-43(9-2)36(27)59-43)19-15-29-28-13-10-11-14-32(28)47-35(29)45/h10-14,16,21-22,27,36-39,47,54H,8-9,15,17-20,23-25H2,1-7H3/t27-,36+,37+,38-,39+,42+,43-,44-,45+,46+/m0/s1. The van der Waals surface area contributed by atoms with Gasteiger partial charge < -0.3 is 38.7 Å². The van der Waals surface area contributed by atoms with Crippen molar-refractivity contribution in [2.24, 2.45) is 11.3 Å². The zero-order valence-corrected chi connectivity index (χ0v) is 35.1. The average molecular weight is 809 g/mol. The maximum absolute atomic E-state index is 15.4. The SMILES string of the molecule is CC[C@]12CN3CCc4c([nH]c5ccccc45)[C@](C(=O)OC)(c4cc5c(cc4OC)N(C)[C@@H]4[C@](O)(C(=O)OC)[C@H](OC(C)=O)[C@]6(CC)C=CCN7CC[C@@]54[C@H]76)C[C@@H](C3)[C@H]1O2. The first-order valence-electron chi connectivity index (χ1n) is 21.3. The number of carbonyl (C=O) groups excluding carboxylic acids is 3. The molecule has 1 aromatic heterocycles. The number of hydrogen-bond donors (Lipinski definition) is 2. The van der Waals surface area contributed by atoms with E-state index in [4.69, 9.17) is 23.7 Å². The van der Waals surface area contributed by atoms with E-state index >= 15 is 4.79 Å². The highest BCUT2D eigenvalue weighted by Gasteiger charge is 2.80. The van der Waals surface area contributed by atoms with Gasteiger partial charge >= 0.3 is 17.9 Å². The fraction of sp³-hybridized carbons (Fsp3) is 0.587. The van der Waals surface area contributed by atoms with Crippen molar-refractivity contribution >= 4 is 34.5 Å². The summed E-state index contributed by atoms with van der Waals surface area (Å²) in [6.07, 6.45) is 5.94. The van der Waals surface area contributed by atoms with E-state index < -0.39 is 51.9 Å². The number of esters is 3. The number of nitrogens with zero attached hydrogens (tertiary/aromatic N) is 3. The number of likely N-dealkylation sites (N-methyl/N-ethyl adjacent to an activating group) is 1. The summed E-state index contributed by atoms with van der Waals surface area (Å²) in [5.41, 5.74) is -0.627. The number of piperidine rings is 1. The zero-order chi connectivity index (χ0) is 41.4. The highest BCUT2D eigenvalue weighted by atomic mass is 16.6. The topological polar surface area (TPSA) is 146 Å². The lowest BCUT2D eigenvalue weighted by atomic mass is 9.47. The van der Waals surface area contributed by atoms with Crippen LogP contribution in [0.2, 0.25) is 0 Å². The Morgan fingerprint density at radius 1 is 1.00 bits per heavy atom. The first kappa shape index (κ1) is 38.8. The first-order chi connectivity index (χ1) is 28.3. The smallest absolute Gasteiger partial charge is 0.344 e. The molecule has 1 unspecified atom stereocenters. The maximum Gasteiger partial charge on any atom is 0.344 e. The van der Waals surface area contributed by atoms with Gasteiger partial charge in [-0.05, 0) is 61.9 Å². The molecule has 2 N–H and O–H groups in total. The predicted octanol–water partition coefficient (Wildman–Crippen LogP) is 4.01. The number of anilines is 1. The van der Waals surface area contributed by atoms with Gasteiger partial charge in [0.15, 0.2) is 6.10 Å². The van der Waals surface area contributed by atoms with E-state index in [-0.39, 0.29) is 23.7 Å². The van der Waals surface area contributed by atoms with Crippen LogP contribution in [0.25, 0.3) is 10.9 Å². The van der Waals surface area contributed by atoms with Crippen molar-refractivity contribution in [3.05, 3.63) is 70.9 Å². The Kier molecular flexibility index (Phi) is 8.56. The van der Waals surface area contributed by atoms with Crippen LogP contribution in [0.1, 0.15) is 68.8 Å². The summed E-state index contributed by atoms with van der Waals surface area (Å²) >= 11 is 0. The minimum Gasteiger partial charge on any atom is -0.496 e. The van der Waals surface area contributed by atoms with Crippen molar-refractivity contribution < 1.29 is 43.2 Å². The van der Waals surface area contributed by atoms with E-state index in [9.17, 15) is 14.7 Å². The van der Waals surface area contributed by atoms with Crippen LogP contribution in [0.3, 0.4) is 0 Å². The van der Waals surface area contributed by atoms with Crippen LogP contribution < -0.4 is 9.64 Å². The van der Waals surface area contributed by atoms with Crippen LogP contribution in [0, 0.1) is 11.3 Å². The molecule has 314 valence electrons. The number of nitrogens with one attached hydrogen (secondary N) is 1. The summed E-state index contributed by atoms with van der Waals surface area (Å²) in [5, 5.41) is 14.4. The molecule has 1 aliphatic carbocycles. The van der Waals surface area contributed by atoms with Gasteiger partial charge in [-0.3, -0.25) is 19.4 Å². The van der Waals surface area contributed by atoms with Gasteiger partial charge in [-0.15, -0.1) is 0 Å². The van der Waals surface area contributed by atoms with Gasteiger partial charge in [0.25, 0.3) is 0 Å². The van der Waals surface area contributed by atoms with E-state index in [0.29, 0.717) is 50.1 Å². The molecule has 13 heteroatoms. The number of hydrogen-bond acceptors (Lipinski definition) is 12. The van der Waals surface area contributed by atoms with E-state index in [0.717, 1.165) is 59.5 Å². The van der Waals surface area contributed by atoms with Crippen molar-refractivity contribution in [3.8, 4) is 5.75 Å². The number of H-pyrrole nitrogens is 1. The van der Waals surface area contributed by atoms with Crippen molar-refractivity contribution in [2.45, 2.75) is 99.2 Å². The number of methoxy groups -OCH3 is 3. The number of aromatic nitrogens is 1. The molecule has 2 bridgehead atoms. The molecule has 7 heterocycles. The van der Waals surface area contributed by atoms with Crippen LogP contribution in [-0.4, -0.2) is 134 Å². The molecule has 0 radical (unpaired) electrons. The van der Waals surface area contributed by atoms with Crippen LogP contribution in [0.15, 0.2) is 48.6 Å². The molecule has 1 saturated carbocycles. The van der Waals surface area contributed by atoms with Gasteiger partial charge in [0.1, 0.15) is 16.8 Å². The molecule has 1 spiro atoms. The second-order valence-electron chi connectivity index (χ2n) is 18.3. The van der Waals surface area contributed by atoms with Gasteiger partial charge in [0.05, 0.1) is 33.5 Å². The number of epoxide rings is 1. The van der Waals surface area contributed by atoms with Crippen molar-refractivity contribution in [1.29, 1.82) is 0 Å². The first-order valence-corrected chi connectivity index (χ1v) is 21.3. The van der Waals surface area contributed by atoms with Crippen molar-refractivity contribution in [1.82, 2.24) is 14.8 Å². The predicted molar refractivity (Wildman–Crippen MR) is 218 cm³/mol. The summed E-state index contributed by atoms with van der Waals surface area (Å²) in [6.45, 7) is 9.32. The fourth-order valence-corrected chi connectivity index (χ4v) is 13.9. The summed E-state index contributed by atoms with van der Waals surface area (Å²) < 4.78 is 30.7. The largest absolute Gasteiger partial charge is 0.496 e. The third kappa shape index (κ3) is 4.73. The Hall–Kier alpha value is -4.43. The molecule has 3 saturated heterocycles. The summed E-state index contributed by atoms with van der Waals surface area (Å²) in [7, 11) is 6.23. The normalized spacial score (nSPS) is 38.7. The van der Waals surface area contributed by atoms with Crippen LogP contribution in [0.5, 0.6) is 5.75 Å². The van der Waals surface area contributed by atoms with Gasteiger partial charge in [0.2, 0.25) is 5.60 Å². The number of para-hydroxylation sites is 1. The van der Waals surface area contributed by atoms with Gasteiger partial charge in [-0.25, -0.2) is 4.79 Å². The third-order valence-electron chi connectivity index (χ3n) is 16.0. The molecule has 13 nitrogen and oxygen atoms in total. The number of fused-ring (bicyclic) bond motifs is 8. The molecule has 11 atom stereocenters. The third-order valence-corrected chi connectivity index (χ3v) is 16.0. The Morgan fingerprint density at radius 2 is 1.78 bits per heavy atom. The summed E-state index contributed by atoms with van der Waals surface area (Å²) in [6, 6.07) is 11.2. The monoisotopic (exact) mass is 808 g/mol. The minimum absolute atomic E-state index is 0.00603. The van der Waals surface area contributed by atoms with E-state index in [1.54, 1.807) is 7.11 Å². The molecule has 4 fully saturated rings. The molecule has 2 aromatic carbocycles. The molecule has 6 aliphatic heterocycles. The Balaban J connectivity index is 1.28. The van der Waals surface area contributed by atoms with E-state index in [1.807, 2.05) is 37.1 Å². The maximum atomic E-state index is 15.4. The highest BCUT2D eigenvalue weighted by Crippen LogP contribution is 2.68. The Bertz CT molecular complexity index is 2310. The van der Waals surface area contributed by atoms with E-state index in [2.05, 4.69) is 52.1 Å². The lowest BCUT2D eigenvalue weighted by Crippen LogP contribution is -2.81. The van der Waals surface area contributed by atoms with Crippen molar-refractivity contribution in [2.75, 3.05) is 66.0 Å². The second-order valence-corrected chi connectivity index (χ2v) is 18.3. The van der Waals surface area contributed by atoms with Gasteiger partial charge in [0, 0.05) is 96.9 Å². The summed E-state index contributed by atoms with van der Waals surface area (Å²) in [5.74, 6) is -1.37. The lowest BCUT2D eigenvalue weighted by Gasteiger charge is -2.63. The van der Waals surface area contributed by atoms with Crippen molar-refractivity contribution in [3.63, 3.8) is 0 Å². The van der Waals surface area contributed by atoms with E-state index in [1.165, 1.54) is 21.1 Å². The number of aromatic amines is 1. The van der Waals surface area contributed by atoms with Crippen LogP contribution in [-0.2, 0) is 50.6 Å². The highest BCUT2D eigenvalue weighted by molar-refractivity contribution is 5.95. The Labute approximate surface area is 344 Å². The van der Waals surface area contributed by atoms with Gasteiger partial charge in [-0.1, -0.05) is 44.2 Å². The Morgan fingerprint density at radius 3 is 2.49 bits per heavy atom.